The van der Waals surface area contributed by atoms with Crippen LogP contribution in [0.25, 0.3) is 0 Å². The van der Waals surface area contributed by atoms with Crippen LogP contribution >= 0.6 is 0 Å². The fraction of sp³-hybridized carbons (Fsp3) is 1.00. The van der Waals surface area contributed by atoms with Gasteiger partial charge in [-0.05, 0) is 94.2 Å². The van der Waals surface area contributed by atoms with Gasteiger partial charge in [0.2, 0.25) is 0 Å². The van der Waals surface area contributed by atoms with Crippen LogP contribution in [-0.4, -0.2) is 32.7 Å². The van der Waals surface area contributed by atoms with E-state index in [9.17, 15) is 0 Å². The Morgan fingerprint density at radius 1 is 0.182 bits per heavy atom. The third kappa shape index (κ3) is 87.0. The first-order valence-electron chi connectivity index (χ1n) is 22.6. The van der Waals surface area contributed by atoms with Crippen LogP contribution in [0.15, 0.2) is 0 Å². The maximum absolute atomic E-state index is 4.94. The summed E-state index contributed by atoms with van der Waals surface area (Å²) in [5.74, 6) is -0.417. The molecular weight excluding hydrogens is 805 g/mol. The van der Waals surface area contributed by atoms with Gasteiger partial charge in [0, 0.05) is 21.3 Å². The average molecular weight is 964 g/mol. The molecule has 0 bridgehead atoms. The molecule has 0 aliphatic rings. The highest BCUT2D eigenvalue weighted by Crippen LogP contribution is 2.50. The lowest BCUT2D eigenvalue weighted by Gasteiger charge is -2.49. The summed E-state index contributed by atoms with van der Waals surface area (Å²) < 4.78 is 14.7. The van der Waals surface area contributed by atoms with Gasteiger partial charge in [-0.15, -0.1) is 0 Å². The molecule has 0 unspecified atom stereocenters. The van der Waals surface area contributed by atoms with Gasteiger partial charge < -0.3 is 14.2 Å². The first-order chi connectivity index (χ1) is 23.9. The van der Waals surface area contributed by atoms with E-state index < -0.39 is 5.79 Å². The second kappa shape index (κ2) is 40.5. The highest BCUT2D eigenvalue weighted by molar-refractivity contribution is 4.91. The number of hydrogen-bond donors (Lipinski definition) is 0. The standard InChI is InChI=1S/C11H24.3C8H18.C5H12O2.C5H12O.2C5H12.8CH4/c1-9(2,3)11(7,8)10(4,5)6;3*1-7(2,3)8(4,5)6;1-5(2,6-3)7-4;1-5(2,3)6-4;2*1-5(2,3)4;;;;;;;;/h1-8H3;3*1-6H3;1-4H3;1-4H3;2*1-4H3;8*1H4. The third-order valence-corrected chi connectivity index (χ3v) is 12.1. The van der Waals surface area contributed by atoms with Crippen molar-refractivity contribution in [3.05, 3.63) is 0 Å². The molecule has 0 fully saturated rings. The lowest BCUT2D eigenvalue weighted by Crippen LogP contribution is -2.41. The largest absolute Gasteiger partial charge is 0.379 e. The second-order valence-electron chi connectivity index (χ2n) is 29.7. The van der Waals surface area contributed by atoms with E-state index in [0.717, 1.165) is 0 Å². The Balaban J connectivity index is -0.0000000307. The molecule has 0 aromatic heterocycles. The van der Waals surface area contributed by atoms with E-state index in [1.807, 2.05) is 34.6 Å². The van der Waals surface area contributed by atoms with Gasteiger partial charge in [-0.3, -0.25) is 0 Å². The molecule has 0 saturated heterocycles. The van der Waals surface area contributed by atoms with Crippen LogP contribution in [0.2, 0.25) is 0 Å². The molecule has 0 rings (SSSR count). The van der Waals surface area contributed by atoms with E-state index in [1.165, 1.54) is 0 Å². The minimum Gasteiger partial charge on any atom is -0.379 e. The van der Waals surface area contributed by atoms with Crippen LogP contribution in [-0.2, 0) is 14.2 Å². The van der Waals surface area contributed by atoms with Gasteiger partial charge in [-0.2, -0.15) is 0 Å². The summed E-state index contributed by atoms with van der Waals surface area (Å²) in [6.45, 7) is 86.8. The normalized spacial score (nSPS) is 11.9. The van der Waals surface area contributed by atoms with E-state index in [2.05, 4.69) is 235 Å². The van der Waals surface area contributed by atoms with Gasteiger partial charge in [-0.1, -0.05) is 295 Å². The molecule has 3 nitrogen and oxygen atoms in total. The summed E-state index contributed by atoms with van der Waals surface area (Å²) in [4.78, 5) is 0. The topological polar surface area (TPSA) is 27.7 Å². The summed E-state index contributed by atoms with van der Waals surface area (Å²) in [6, 6.07) is 0. The Morgan fingerprint density at radius 3 is 0.273 bits per heavy atom. The zero-order valence-electron chi connectivity index (χ0n) is 49.7. The lowest BCUT2D eigenvalue weighted by atomic mass is 9.56. The number of rotatable bonds is 2. The van der Waals surface area contributed by atoms with Crippen LogP contribution in [0.3, 0.4) is 0 Å². The van der Waals surface area contributed by atoms with Crippen molar-refractivity contribution in [2.75, 3.05) is 21.3 Å². The molecule has 0 radical (unpaired) electrons. The predicted molar refractivity (Wildman–Crippen MR) is 328 cm³/mol. The molecule has 0 atom stereocenters. The number of ether oxygens (including phenoxy) is 3. The van der Waals surface area contributed by atoms with E-state index >= 15 is 0 Å². The minimum absolute atomic E-state index is 0. The summed E-state index contributed by atoms with van der Waals surface area (Å²) in [7, 11) is 4.94. The molecule has 0 N–H and O–H groups in total. The molecule has 66 heavy (non-hydrogen) atoms. The smallest absolute Gasteiger partial charge is 0.161 e. The summed E-state index contributed by atoms with van der Waals surface area (Å²) in [6.07, 6.45) is 0. The van der Waals surface area contributed by atoms with Crippen LogP contribution in [0.1, 0.15) is 329 Å². The van der Waals surface area contributed by atoms with Crippen molar-refractivity contribution in [2.45, 2.75) is 341 Å². The molecule has 0 spiro atoms. The first kappa shape index (κ1) is 111. The van der Waals surface area contributed by atoms with Crippen molar-refractivity contribution in [1.82, 2.24) is 0 Å². The zero-order valence-corrected chi connectivity index (χ0v) is 49.7. The third-order valence-electron chi connectivity index (χ3n) is 12.1. The van der Waals surface area contributed by atoms with Gasteiger partial charge in [0.1, 0.15) is 0 Å². The molecule has 428 valence electrons. The monoisotopic (exact) mass is 963 g/mol. The van der Waals surface area contributed by atoms with Crippen molar-refractivity contribution in [3.8, 4) is 0 Å². The number of hydrogen-bond acceptors (Lipinski definition) is 3. The Labute approximate surface area is 434 Å². The highest BCUT2D eigenvalue weighted by atomic mass is 16.7. The van der Waals surface area contributed by atoms with Crippen molar-refractivity contribution >= 4 is 0 Å². The summed E-state index contributed by atoms with van der Waals surface area (Å²) in [5, 5.41) is 0. The molecule has 0 aromatic carbocycles. The Morgan fingerprint density at radius 2 is 0.273 bits per heavy atom. The van der Waals surface area contributed by atoms with Crippen LogP contribution < -0.4 is 0 Å². The van der Waals surface area contributed by atoms with Gasteiger partial charge >= 0.3 is 0 Å². The Bertz CT molecular complexity index is 793. The molecule has 0 aliphatic carbocycles. The fourth-order valence-electron chi connectivity index (χ4n) is 1.21. The molecule has 0 amide bonds. The van der Waals surface area contributed by atoms with Crippen LogP contribution in [0.5, 0.6) is 0 Å². The van der Waals surface area contributed by atoms with Gasteiger partial charge in [0.25, 0.3) is 0 Å². The van der Waals surface area contributed by atoms with Crippen molar-refractivity contribution in [2.24, 2.45) is 59.6 Å². The summed E-state index contributed by atoms with van der Waals surface area (Å²) in [5.41, 5.74) is 4.80. The predicted octanol–water partition coefficient (Wildman–Crippen LogP) is 25.0. The summed E-state index contributed by atoms with van der Waals surface area (Å²) >= 11 is 0. The Kier molecular flexibility index (Phi) is 68.3. The Hall–Kier alpha value is -0.120. The number of methoxy groups -OCH3 is 3. The van der Waals surface area contributed by atoms with Crippen molar-refractivity contribution in [1.29, 1.82) is 0 Å². The highest BCUT2D eigenvalue weighted by Gasteiger charge is 2.42. The fourth-order valence-corrected chi connectivity index (χ4v) is 1.21. The van der Waals surface area contributed by atoms with E-state index in [1.54, 1.807) is 21.3 Å². The van der Waals surface area contributed by atoms with E-state index in [-0.39, 0.29) is 65.0 Å². The van der Waals surface area contributed by atoms with Crippen molar-refractivity contribution in [3.63, 3.8) is 0 Å². The molecule has 0 heterocycles. The zero-order chi connectivity index (χ0) is 50.6. The van der Waals surface area contributed by atoms with Gasteiger partial charge in [0.15, 0.2) is 5.79 Å². The van der Waals surface area contributed by atoms with Crippen LogP contribution in [0, 0.1) is 59.6 Å². The molecule has 0 aromatic rings. The lowest BCUT2D eigenvalue weighted by molar-refractivity contribution is -0.178. The maximum Gasteiger partial charge on any atom is 0.161 e. The molecular formula is C63H158O3. The molecule has 3 heteroatoms. The van der Waals surface area contributed by atoms with Crippen LogP contribution in [0.4, 0.5) is 0 Å². The van der Waals surface area contributed by atoms with Gasteiger partial charge in [-0.25, -0.2) is 0 Å². The quantitative estimate of drug-likeness (QED) is 0.258. The maximum atomic E-state index is 4.94. The van der Waals surface area contributed by atoms with Crippen molar-refractivity contribution < 1.29 is 14.2 Å². The average Bonchev–Trinajstić information content (AvgIpc) is 2.83. The molecule has 0 saturated carbocycles. The minimum atomic E-state index is -0.417. The van der Waals surface area contributed by atoms with Gasteiger partial charge in [0.05, 0.1) is 5.60 Å². The first-order valence-corrected chi connectivity index (χ1v) is 22.6. The second-order valence-corrected chi connectivity index (χ2v) is 29.7. The van der Waals surface area contributed by atoms with E-state index in [0.29, 0.717) is 59.6 Å². The molecule has 0 aliphatic heterocycles. The SMILES string of the molecule is C.C.C.C.C.C.C.C.CC(C)(C)C.CC(C)(C)C.CC(C)(C)C(C)(C)C.CC(C)(C)C(C)(C)C.CC(C)(C)C(C)(C)C.CC(C)(C)C(C)(C)C(C)(C)C.COC(C)(C)C.COC(C)(C)OC. The van der Waals surface area contributed by atoms with E-state index in [4.69, 9.17) is 14.2 Å².